The predicted molar refractivity (Wildman–Crippen MR) is 51.3 cm³/mol. The van der Waals surface area contributed by atoms with Crippen LogP contribution >= 0.6 is 11.3 Å². The van der Waals surface area contributed by atoms with Crippen molar-refractivity contribution in [2.75, 3.05) is 0 Å². The van der Waals surface area contributed by atoms with Gasteiger partial charge >= 0.3 is 0 Å². The van der Waals surface area contributed by atoms with Crippen molar-refractivity contribution < 1.29 is 5.11 Å². The van der Waals surface area contributed by atoms with Crippen LogP contribution in [0, 0.1) is 5.92 Å². The molecule has 1 aromatic heterocycles. The fraction of sp³-hybridized carbons (Fsp3) is 0.667. The zero-order chi connectivity index (χ0) is 9.14. The molecule has 2 nitrogen and oxygen atoms in total. The third kappa shape index (κ3) is 2.57. The zero-order valence-electron chi connectivity index (χ0n) is 7.74. The molecule has 0 aromatic carbocycles. The molecule has 0 saturated heterocycles. The molecule has 1 rings (SSSR count). The number of aromatic nitrogens is 1. The molecular weight excluding hydrogens is 170 g/mol. The third-order valence-corrected chi connectivity index (χ3v) is 2.47. The number of hydrogen-bond acceptors (Lipinski definition) is 3. The van der Waals surface area contributed by atoms with Gasteiger partial charge in [-0.3, -0.25) is 0 Å². The Morgan fingerprint density at radius 2 is 2.17 bits per heavy atom. The maximum atomic E-state index is 9.22. The number of rotatable bonds is 3. The largest absolute Gasteiger partial charge is 0.387 e. The molecule has 1 unspecified atom stereocenters. The van der Waals surface area contributed by atoms with Crippen LogP contribution in [0.15, 0.2) is 5.38 Å². The molecule has 0 fully saturated rings. The van der Waals surface area contributed by atoms with Crippen LogP contribution in [0.5, 0.6) is 0 Å². The van der Waals surface area contributed by atoms with Crippen LogP contribution in [0.4, 0.5) is 0 Å². The van der Waals surface area contributed by atoms with E-state index >= 15 is 0 Å². The van der Waals surface area contributed by atoms with Crippen molar-refractivity contribution in [3.8, 4) is 0 Å². The van der Waals surface area contributed by atoms with Gasteiger partial charge in [0.25, 0.3) is 0 Å². The molecule has 0 spiro atoms. The molecule has 0 aliphatic heterocycles. The maximum absolute atomic E-state index is 9.22. The summed E-state index contributed by atoms with van der Waals surface area (Å²) in [6.45, 7) is 6.08. The molecule has 1 heterocycles. The van der Waals surface area contributed by atoms with Gasteiger partial charge in [0.15, 0.2) is 0 Å². The number of nitrogens with zero attached hydrogens (tertiary/aromatic N) is 1. The summed E-state index contributed by atoms with van der Waals surface area (Å²) in [5.41, 5.74) is 0.802. The predicted octanol–water partition coefficient (Wildman–Crippen LogP) is 2.39. The van der Waals surface area contributed by atoms with Crippen LogP contribution in [0.1, 0.15) is 37.6 Å². The fourth-order valence-corrected chi connectivity index (χ4v) is 2.05. The lowest BCUT2D eigenvalue weighted by molar-refractivity contribution is 0.195. The van der Waals surface area contributed by atoms with Crippen LogP contribution in [0.3, 0.4) is 0 Å². The highest BCUT2D eigenvalue weighted by Crippen LogP contribution is 2.18. The van der Waals surface area contributed by atoms with Crippen molar-refractivity contribution >= 4 is 11.3 Å². The molecule has 3 heteroatoms. The van der Waals surface area contributed by atoms with E-state index in [1.54, 1.807) is 18.3 Å². The van der Waals surface area contributed by atoms with Gasteiger partial charge in [0.1, 0.15) is 0 Å². The van der Waals surface area contributed by atoms with E-state index in [9.17, 15) is 5.11 Å². The Morgan fingerprint density at radius 1 is 1.50 bits per heavy atom. The molecule has 68 valence electrons. The monoisotopic (exact) mass is 185 g/mol. The van der Waals surface area contributed by atoms with Crippen molar-refractivity contribution in [1.82, 2.24) is 4.98 Å². The SMILES string of the molecule is CC(C)Cc1nc(C(C)O)cs1. The molecule has 1 N–H and O–H groups in total. The van der Waals surface area contributed by atoms with Crippen molar-refractivity contribution in [2.45, 2.75) is 33.3 Å². The van der Waals surface area contributed by atoms with Crippen LogP contribution in [-0.2, 0) is 6.42 Å². The number of thiazole rings is 1. The summed E-state index contributed by atoms with van der Waals surface area (Å²) in [7, 11) is 0. The van der Waals surface area contributed by atoms with E-state index < -0.39 is 6.10 Å². The van der Waals surface area contributed by atoms with Crippen molar-refractivity contribution in [2.24, 2.45) is 5.92 Å². The Labute approximate surface area is 77.3 Å². The summed E-state index contributed by atoms with van der Waals surface area (Å²) in [6, 6.07) is 0. The standard InChI is InChI=1S/C9H15NOS/c1-6(2)4-9-10-8(5-12-9)7(3)11/h5-7,11H,4H2,1-3H3. The maximum Gasteiger partial charge on any atom is 0.0940 e. The number of aliphatic hydroxyl groups is 1. The third-order valence-electron chi connectivity index (χ3n) is 1.58. The molecule has 0 amide bonds. The molecule has 0 aliphatic rings. The van der Waals surface area contributed by atoms with E-state index in [0.717, 1.165) is 17.1 Å². The quantitative estimate of drug-likeness (QED) is 0.784. The minimum atomic E-state index is -0.429. The van der Waals surface area contributed by atoms with Gasteiger partial charge in [0.2, 0.25) is 0 Å². The second-order valence-corrected chi connectivity index (χ2v) is 4.38. The molecule has 1 aromatic rings. The van der Waals surface area contributed by atoms with Crippen LogP contribution in [0.25, 0.3) is 0 Å². The zero-order valence-corrected chi connectivity index (χ0v) is 8.56. The molecule has 1 atom stereocenters. The van der Waals surface area contributed by atoms with Crippen molar-refractivity contribution in [3.05, 3.63) is 16.1 Å². The van der Waals surface area contributed by atoms with E-state index in [1.807, 2.05) is 5.38 Å². The molecule has 12 heavy (non-hydrogen) atoms. The average molecular weight is 185 g/mol. The lowest BCUT2D eigenvalue weighted by Crippen LogP contribution is -1.95. The lowest BCUT2D eigenvalue weighted by Gasteiger charge is -1.99. The van der Waals surface area contributed by atoms with Crippen LogP contribution in [-0.4, -0.2) is 10.1 Å². The fourth-order valence-electron chi connectivity index (χ4n) is 0.960. The summed E-state index contributed by atoms with van der Waals surface area (Å²) in [5, 5.41) is 12.3. The average Bonchev–Trinajstić information content (AvgIpc) is 2.34. The van der Waals surface area contributed by atoms with Gasteiger partial charge in [-0.15, -0.1) is 11.3 Å². The van der Waals surface area contributed by atoms with Gasteiger partial charge in [-0.1, -0.05) is 13.8 Å². The van der Waals surface area contributed by atoms with Gasteiger partial charge in [-0.05, 0) is 12.8 Å². The second-order valence-electron chi connectivity index (χ2n) is 3.44. The van der Waals surface area contributed by atoms with Crippen LogP contribution in [0.2, 0.25) is 0 Å². The minimum absolute atomic E-state index is 0.429. The normalized spacial score (nSPS) is 13.8. The molecule has 0 saturated carbocycles. The van der Waals surface area contributed by atoms with E-state index in [0.29, 0.717) is 5.92 Å². The highest BCUT2D eigenvalue weighted by Gasteiger charge is 2.07. The topological polar surface area (TPSA) is 33.1 Å². The van der Waals surface area contributed by atoms with E-state index in [-0.39, 0.29) is 0 Å². The highest BCUT2D eigenvalue weighted by atomic mass is 32.1. The lowest BCUT2D eigenvalue weighted by atomic mass is 10.1. The Morgan fingerprint density at radius 3 is 2.58 bits per heavy atom. The summed E-state index contributed by atoms with van der Waals surface area (Å²) >= 11 is 1.64. The first-order chi connectivity index (χ1) is 5.59. The highest BCUT2D eigenvalue weighted by molar-refractivity contribution is 7.09. The molecular formula is C9H15NOS. The molecule has 0 radical (unpaired) electrons. The van der Waals surface area contributed by atoms with Crippen molar-refractivity contribution in [1.29, 1.82) is 0 Å². The first-order valence-corrected chi connectivity index (χ1v) is 5.10. The Hall–Kier alpha value is -0.410. The van der Waals surface area contributed by atoms with Gasteiger partial charge in [-0.25, -0.2) is 4.98 Å². The Kier molecular flexibility index (Phi) is 3.23. The first kappa shape index (κ1) is 9.68. The van der Waals surface area contributed by atoms with Gasteiger partial charge in [-0.2, -0.15) is 0 Å². The van der Waals surface area contributed by atoms with Crippen molar-refractivity contribution in [3.63, 3.8) is 0 Å². The number of hydrogen-bond donors (Lipinski definition) is 1. The summed E-state index contributed by atoms with van der Waals surface area (Å²) in [5.74, 6) is 0.637. The summed E-state index contributed by atoms with van der Waals surface area (Å²) in [6.07, 6.45) is 0.583. The van der Waals surface area contributed by atoms with E-state index in [1.165, 1.54) is 0 Å². The molecule has 0 aliphatic carbocycles. The smallest absolute Gasteiger partial charge is 0.0940 e. The first-order valence-electron chi connectivity index (χ1n) is 4.22. The van der Waals surface area contributed by atoms with E-state index in [2.05, 4.69) is 18.8 Å². The Bertz CT molecular complexity index is 242. The second kappa shape index (κ2) is 4.01. The van der Waals surface area contributed by atoms with Gasteiger partial charge in [0, 0.05) is 11.8 Å². The molecule has 0 bridgehead atoms. The van der Waals surface area contributed by atoms with Gasteiger partial charge in [0.05, 0.1) is 16.8 Å². The Balaban J connectivity index is 2.64. The van der Waals surface area contributed by atoms with E-state index in [4.69, 9.17) is 0 Å². The minimum Gasteiger partial charge on any atom is -0.387 e. The van der Waals surface area contributed by atoms with Gasteiger partial charge < -0.3 is 5.11 Å². The number of aliphatic hydroxyl groups excluding tert-OH is 1. The summed E-state index contributed by atoms with van der Waals surface area (Å²) < 4.78 is 0. The summed E-state index contributed by atoms with van der Waals surface area (Å²) in [4.78, 5) is 4.32. The van der Waals surface area contributed by atoms with Crippen LogP contribution < -0.4 is 0 Å².